The highest BCUT2D eigenvalue weighted by atomic mass is 19.1. The van der Waals surface area contributed by atoms with E-state index in [9.17, 15) is 13.6 Å². The second-order valence-corrected chi connectivity index (χ2v) is 9.85. The molecule has 7 heteroatoms. The van der Waals surface area contributed by atoms with Gasteiger partial charge in [-0.3, -0.25) is 9.69 Å². The number of benzene rings is 4. The maximum atomic E-state index is 13.7. The monoisotopic (exact) mass is 534 g/mol. The summed E-state index contributed by atoms with van der Waals surface area (Å²) in [5.41, 5.74) is 4.03. The number of amides is 1. The van der Waals surface area contributed by atoms with Crippen LogP contribution in [0.4, 0.5) is 8.78 Å². The zero-order valence-electron chi connectivity index (χ0n) is 21.8. The smallest absolute Gasteiger partial charge is 0.290 e. The Bertz CT molecular complexity index is 1480. The van der Waals surface area contributed by atoms with Crippen molar-refractivity contribution in [2.45, 2.75) is 6.04 Å². The molecule has 2 aliphatic heterocycles. The van der Waals surface area contributed by atoms with Gasteiger partial charge in [-0.15, -0.1) is 0 Å². The van der Waals surface area contributed by atoms with Crippen molar-refractivity contribution in [3.8, 4) is 0 Å². The summed E-state index contributed by atoms with van der Waals surface area (Å²) in [5.74, 6) is -0.156. The van der Waals surface area contributed by atoms with E-state index in [1.807, 2.05) is 71.7 Å². The number of aliphatic imine (C=N–C) groups is 1. The minimum absolute atomic E-state index is 0.162. The van der Waals surface area contributed by atoms with Crippen LogP contribution in [0, 0.1) is 11.6 Å². The Balaban J connectivity index is 1.27. The maximum absolute atomic E-state index is 13.7. The second-order valence-electron chi connectivity index (χ2n) is 9.85. The minimum atomic E-state index is -0.300. The molecule has 1 fully saturated rings. The topological polar surface area (TPSA) is 39.2 Å². The normalized spacial score (nSPS) is 17.6. The number of carbonyl (C=O) groups excluding carboxylic acids is 1. The standard InChI is InChI=1S/C33H28F2N4O/c34-28-15-11-25(12-16-28)31(26-13-17-29(35)18-14-26)37-19-21-38(22-20-37)39-32(27-9-5-2-6-10-27)36-30(33(39)40)23-24-7-3-1-4-8-24/h1-18,23,31H,19-22H2/b30-23-. The van der Waals surface area contributed by atoms with Gasteiger partial charge in [-0.2, -0.15) is 0 Å². The fourth-order valence-corrected chi connectivity index (χ4v) is 5.33. The number of carbonyl (C=O) groups is 1. The molecule has 0 spiro atoms. The Kier molecular flexibility index (Phi) is 7.31. The average Bonchev–Trinajstić information content (AvgIpc) is 3.32. The summed E-state index contributed by atoms with van der Waals surface area (Å²) < 4.78 is 27.5. The molecule has 6 rings (SSSR count). The van der Waals surface area contributed by atoms with E-state index in [0.29, 0.717) is 37.7 Å². The molecule has 5 nitrogen and oxygen atoms in total. The molecule has 0 aromatic heterocycles. The number of amidine groups is 1. The molecule has 0 radical (unpaired) electrons. The number of nitrogens with zero attached hydrogens (tertiary/aromatic N) is 4. The first kappa shape index (κ1) is 25.8. The second kappa shape index (κ2) is 11.3. The van der Waals surface area contributed by atoms with Gasteiger partial charge < -0.3 is 0 Å². The number of piperazine rings is 1. The third kappa shape index (κ3) is 5.34. The van der Waals surface area contributed by atoms with Gasteiger partial charge in [0.05, 0.1) is 6.04 Å². The van der Waals surface area contributed by atoms with Crippen LogP contribution in [-0.2, 0) is 4.79 Å². The summed E-state index contributed by atoms with van der Waals surface area (Å²) in [5, 5.41) is 3.75. The highest BCUT2D eigenvalue weighted by Gasteiger charge is 2.38. The molecule has 200 valence electrons. The molecule has 0 N–H and O–H groups in total. The van der Waals surface area contributed by atoms with Gasteiger partial charge in [0.15, 0.2) is 5.84 Å². The third-order valence-corrected chi connectivity index (χ3v) is 7.28. The van der Waals surface area contributed by atoms with E-state index < -0.39 is 0 Å². The SMILES string of the molecule is O=C1/C(=C/c2ccccc2)N=C(c2ccccc2)N1N1CCN(C(c2ccc(F)cc2)c2ccc(F)cc2)CC1. The number of hydrogen-bond acceptors (Lipinski definition) is 4. The zero-order valence-corrected chi connectivity index (χ0v) is 21.8. The maximum Gasteiger partial charge on any atom is 0.292 e. The van der Waals surface area contributed by atoms with Gasteiger partial charge in [0.2, 0.25) is 0 Å². The minimum Gasteiger partial charge on any atom is -0.290 e. The van der Waals surface area contributed by atoms with E-state index in [4.69, 9.17) is 4.99 Å². The van der Waals surface area contributed by atoms with E-state index in [1.54, 1.807) is 29.3 Å². The summed E-state index contributed by atoms with van der Waals surface area (Å²) in [4.78, 5) is 20.8. The molecular formula is C33H28F2N4O. The van der Waals surface area contributed by atoms with Crippen LogP contribution in [0.5, 0.6) is 0 Å². The number of hydrogen-bond donors (Lipinski definition) is 0. The summed E-state index contributed by atoms with van der Waals surface area (Å²) in [6.07, 6.45) is 1.82. The molecule has 0 aliphatic carbocycles. The third-order valence-electron chi connectivity index (χ3n) is 7.28. The van der Waals surface area contributed by atoms with E-state index in [-0.39, 0.29) is 23.6 Å². The van der Waals surface area contributed by atoms with Gasteiger partial charge in [-0.1, -0.05) is 84.9 Å². The number of hydrazine groups is 1. The molecule has 1 saturated heterocycles. The first-order valence-electron chi connectivity index (χ1n) is 13.3. The number of rotatable bonds is 6. The molecule has 4 aromatic carbocycles. The lowest BCUT2D eigenvalue weighted by Gasteiger charge is -2.42. The van der Waals surface area contributed by atoms with Crippen LogP contribution < -0.4 is 0 Å². The van der Waals surface area contributed by atoms with Crippen molar-refractivity contribution >= 4 is 17.8 Å². The molecule has 1 amide bonds. The van der Waals surface area contributed by atoms with Gasteiger partial charge in [0.1, 0.15) is 17.3 Å². The lowest BCUT2D eigenvalue weighted by Crippen LogP contribution is -2.56. The van der Waals surface area contributed by atoms with E-state index in [1.165, 1.54) is 24.3 Å². The predicted octanol–water partition coefficient (Wildman–Crippen LogP) is 5.92. The quantitative estimate of drug-likeness (QED) is 0.289. The fraction of sp³-hybridized carbons (Fsp3) is 0.152. The molecule has 40 heavy (non-hydrogen) atoms. The van der Waals surface area contributed by atoms with E-state index in [2.05, 4.69) is 4.90 Å². The van der Waals surface area contributed by atoms with Crippen LogP contribution in [0.25, 0.3) is 6.08 Å². The Labute approximate surface area is 232 Å². The lowest BCUT2D eigenvalue weighted by atomic mass is 9.96. The van der Waals surface area contributed by atoms with Crippen molar-refractivity contribution in [2.24, 2.45) is 4.99 Å². The highest BCUT2D eigenvalue weighted by molar-refractivity contribution is 6.19. The van der Waals surface area contributed by atoms with Crippen LogP contribution in [0.1, 0.15) is 28.3 Å². The van der Waals surface area contributed by atoms with Crippen molar-refractivity contribution in [2.75, 3.05) is 26.2 Å². The molecule has 0 bridgehead atoms. The van der Waals surface area contributed by atoms with Gasteiger partial charge >= 0.3 is 0 Å². The lowest BCUT2D eigenvalue weighted by molar-refractivity contribution is -0.136. The Morgan fingerprint density at radius 1 is 0.675 bits per heavy atom. The van der Waals surface area contributed by atoms with E-state index >= 15 is 0 Å². The van der Waals surface area contributed by atoms with Gasteiger partial charge in [0, 0.05) is 31.7 Å². The molecular weight excluding hydrogens is 506 g/mol. The average molecular weight is 535 g/mol. The van der Waals surface area contributed by atoms with Crippen LogP contribution in [-0.4, -0.2) is 52.8 Å². The molecule has 0 saturated carbocycles. The molecule has 0 unspecified atom stereocenters. The summed E-state index contributed by atoms with van der Waals surface area (Å²) >= 11 is 0. The van der Waals surface area contributed by atoms with Crippen molar-refractivity contribution in [1.82, 2.24) is 14.9 Å². The molecule has 4 aromatic rings. The predicted molar refractivity (Wildman–Crippen MR) is 152 cm³/mol. The van der Waals surface area contributed by atoms with Gasteiger partial charge in [-0.25, -0.2) is 23.8 Å². The molecule has 0 atom stereocenters. The summed E-state index contributed by atoms with van der Waals surface area (Å²) in [6.45, 7) is 2.44. The van der Waals surface area contributed by atoms with Crippen LogP contribution in [0.3, 0.4) is 0 Å². The first-order chi connectivity index (χ1) is 19.6. The highest BCUT2D eigenvalue weighted by Crippen LogP contribution is 2.31. The molecule has 2 aliphatic rings. The van der Waals surface area contributed by atoms with Crippen LogP contribution in [0.15, 0.2) is 120 Å². The zero-order chi connectivity index (χ0) is 27.5. The Morgan fingerprint density at radius 2 is 1.20 bits per heavy atom. The van der Waals surface area contributed by atoms with Crippen LogP contribution in [0.2, 0.25) is 0 Å². The number of halogens is 2. The Hall–Kier alpha value is -4.46. The van der Waals surface area contributed by atoms with Crippen LogP contribution >= 0.6 is 0 Å². The Morgan fingerprint density at radius 3 is 1.75 bits per heavy atom. The first-order valence-corrected chi connectivity index (χ1v) is 13.3. The summed E-state index contributed by atoms with van der Waals surface area (Å²) in [7, 11) is 0. The molecule has 2 heterocycles. The van der Waals surface area contributed by atoms with Crippen molar-refractivity contribution in [3.05, 3.63) is 149 Å². The largest absolute Gasteiger partial charge is 0.292 e. The summed E-state index contributed by atoms with van der Waals surface area (Å²) in [6, 6.07) is 32.2. The van der Waals surface area contributed by atoms with Crippen molar-refractivity contribution < 1.29 is 13.6 Å². The van der Waals surface area contributed by atoms with Crippen molar-refractivity contribution in [3.63, 3.8) is 0 Å². The van der Waals surface area contributed by atoms with Gasteiger partial charge in [-0.05, 0) is 47.0 Å². The van der Waals surface area contributed by atoms with Crippen molar-refractivity contribution in [1.29, 1.82) is 0 Å². The van der Waals surface area contributed by atoms with Gasteiger partial charge in [0.25, 0.3) is 5.91 Å². The fourth-order valence-electron chi connectivity index (χ4n) is 5.33. The van der Waals surface area contributed by atoms with E-state index in [0.717, 1.165) is 22.3 Å².